The quantitative estimate of drug-likeness (QED) is 0.394. The molecule has 5 heteroatoms. The molecule has 4 aromatic rings. The third-order valence-corrected chi connectivity index (χ3v) is 5.47. The molecule has 150 valence electrons. The molecule has 0 bridgehead atoms. The van der Waals surface area contributed by atoms with Gasteiger partial charge in [-0.05, 0) is 80.4 Å². The Morgan fingerprint density at radius 3 is 2.37 bits per heavy atom. The van der Waals surface area contributed by atoms with Crippen LogP contribution in [0.4, 0.5) is 10.1 Å². The number of aromatic nitrogens is 1. The van der Waals surface area contributed by atoms with Gasteiger partial charge in [-0.25, -0.2) is 9.37 Å². The third-order valence-electron chi connectivity index (χ3n) is 5.06. The zero-order chi connectivity index (χ0) is 21.4. The molecule has 0 aliphatic carbocycles. The number of halogens is 2. The molecular weight excluding hydrogens is 399 g/mol. The topological polar surface area (TPSA) is 42.0 Å². The number of pyridine rings is 1. The van der Waals surface area contributed by atoms with Gasteiger partial charge in [0, 0.05) is 21.7 Å². The number of anilines is 1. The molecule has 0 radical (unpaired) electrons. The van der Waals surface area contributed by atoms with Gasteiger partial charge in [-0.3, -0.25) is 4.79 Å². The smallest absolute Gasteiger partial charge is 0.256 e. The molecule has 0 saturated carbocycles. The van der Waals surface area contributed by atoms with E-state index < -0.39 is 0 Å². The summed E-state index contributed by atoms with van der Waals surface area (Å²) in [5.74, 6) is -0.573. The van der Waals surface area contributed by atoms with E-state index in [9.17, 15) is 9.18 Å². The standard InChI is InChI=1S/C25H20ClFN2O/c1-14-10-16(3)24-20(11-14)21(13-23(29-24)17-5-7-18(27)8-6-17)25(30)28-19-9-4-15(2)22(26)12-19/h4-13H,1-3H3,(H,28,30). The molecule has 30 heavy (non-hydrogen) atoms. The maximum Gasteiger partial charge on any atom is 0.256 e. The molecule has 0 aliphatic rings. The summed E-state index contributed by atoms with van der Waals surface area (Å²) in [5.41, 5.74) is 6.18. The van der Waals surface area contributed by atoms with Gasteiger partial charge in [0.15, 0.2) is 0 Å². The molecule has 3 nitrogen and oxygen atoms in total. The Balaban J connectivity index is 1.86. The van der Waals surface area contributed by atoms with E-state index in [0.29, 0.717) is 22.0 Å². The van der Waals surface area contributed by atoms with E-state index >= 15 is 0 Å². The van der Waals surface area contributed by atoms with E-state index in [2.05, 4.69) is 5.32 Å². The zero-order valence-corrected chi connectivity index (χ0v) is 17.6. The van der Waals surface area contributed by atoms with E-state index in [1.165, 1.54) is 12.1 Å². The second kappa shape index (κ2) is 7.88. The lowest BCUT2D eigenvalue weighted by Crippen LogP contribution is -2.13. The summed E-state index contributed by atoms with van der Waals surface area (Å²) >= 11 is 6.21. The van der Waals surface area contributed by atoms with E-state index in [-0.39, 0.29) is 11.7 Å². The summed E-state index contributed by atoms with van der Waals surface area (Å²) in [4.78, 5) is 18.0. The van der Waals surface area contributed by atoms with E-state index in [0.717, 1.165) is 33.2 Å². The highest BCUT2D eigenvalue weighted by Crippen LogP contribution is 2.29. The van der Waals surface area contributed by atoms with Crippen LogP contribution in [0.1, 0.15) is 27.0 Å². The van der Waals surface area contributed by atoms with Crippen molar-refractivity contribution in [2.75, 3.05) is 5.32 Å². The Kier molecular flexibility index (Phi) is 5.27. The summed E-state index contributed by atoms with van der Waals surface area (Å²) in [6.07, 6.45) is 0. The number of aryl methyl sites for hydroxylation is 3. The van der Waals surface area contributed by atoms with Crippen LogP contribution in [0, 0.1) is 26.6 Å². The number of nitrogens with one attached hydrogen (secondary N) is 1. The lowest BCUT2D eigenvalue weighted by atomic mass is 9.99. The van der Waals surface area contributed by atoms with Crippen LogP contribution in [0.2, 0.25) is 5.02 Å². The highest BCUT2D eigenvalue weighted by atomic mass is 35.5. The van der Waals surface area contributed by atoms with Gasteiger partial charge in [-0.1, -0.05) is 29.3 Å². The number of hydrogen-bond acceptors (Lipinski definition) is 2. The second-order valence-electron chi connectivity index (χ2n) is 7.46. The second-order valence-corrected chi connectivity index (χ2v) is 7.87. The van der Waals surface area contributed by atoms with Crippen LogP contribution in [0.5, 0.6) is 0 Å². The number of fused-ring (bicyclic) bond motifs is 1. The predicted octanol–water partition coefficient (Wildman–Crippen LogP) is 6.87. The van der Waals surface area contributed by atoms with Crippen LogP contribution in [0.15, 0.2) is 60.7 Å². The largest absolute Gasteiger partial charge is 0.322 e. The van der Waals surface area contributed by atoms with Gasteiger partial charge in [-0.15, -0.1) is 0 Å². The first kappa shape index (κ1) is 20.0. The van der Waals surface area contributed by atoms with Crippen molar-refractivity contribution in [2.24, 2.45) is 0 Å². The lowest BCUT2D eigenvalue weighted by molar-refractivity contribution is 0.102. The molecule has 0 unspecified atom stereocenters. The molecular formula is C25H20ClFN2O. The zero-order valence-electron chi connectivity index (χ0n) is 16.9. The van der Waals surface area contributed by atoms with Crippen LogP contribution in [-0.2, 0) is 0 Å². The monoisotopic (exact) mass is 418 g/mol. The number of benzene rings is 3. The van der Waals surface area contributed by atoms with Gasteiger partial charge in [-0.2, -0.15) is 0 Å². The number of nitrogens with zero attached hydrogens (tertiary/aromatic N) is 1. The fourth-order valence-electron chi connectivity index (χ4n) is 3.51. The van der Waals surface area contributed by atoms with Crippen LogP contribution >= 0.6 is 11.6 Å². The summed E-state index contributed by atoms with van der Waals surface area (Å²) in [6, 6.07) is 17.2. The Morgan fingerprint density at radius 2 is 1.67 bits per heavy atom. The lowest BCUT2D eigenvalue weighted by Gasteiger charge is -2.13. The summed E-state index contributed by atoms with van der Waals surface area (Å²) in [6.45, 7) is 5.87. The fraction of sp³-hybridized carbons (Fsp3) is 0.120. The molecule has 0 spiro atoms. The molecule has 0 atom stereocenters. The Hall–Kier alpha value is -3.24. The molecule has 0 aliphatic heterocycles. The minimum absolute atomic E-state index is 0.254. The molecule has 1 heterocycles. The summed E-state index contributed by atoms with van der Waals surface area (Å²) in [7, 11) is 0. The highest BCUT2D eigenvalue weighted by Gasteiger charge is 2.16. The van der Waals surface area contributed by atoms with Crippen molar-refractivity contribution in [1.82, 2.24) is 4.98 Å². The minimum atomic E-state index is -0.319. The van der Waals surface area contributed by atoms with Crippen molar-refractivity contribution in [2.45, 2.75) is 20.8 Å². The molecule has 1 amide bonds. The van der Waals surface area contributed by atoms with Gasteiger partial charge in [0.05, 0.1) is 16.8 Å². The van der Waals surface area contributed by atoms with Gasteiger partial charge < -0.3 is 5.32 Å². The number of carbonyl (C=O) groups is 1. The van der Waals surface area contributed by atoms with Crippen LogP contribution in [0.25, 0.3) is 22.2 Å². The van der Waals surface area contributed by atoms with Gasteiger partial charge in [0.1, 0.15) is 5.82 Å². The highest BCUT2D eigenvalue weighted by molar-refractivity contribution is 6.31. The first-order chi connectivity index (χ1) is 14.3. The van der Waals surface area contributed by atoms with E-state index in [1.807, 2.05) is 45.0 Å². The molecule has 4 rings (SSSR count). The number of hydrogen-bond donors (Lipinski definition) is 1. The summed E-state index contributed by atoms with van der Waals surface area (Å²) in [5, 5.41) is 4.30. The average Bonchev–Trinajstić information content (AvgIpc) is 2.70. The first-order valence-electron chi connectivity index (χ1n) is 9.57. The third kappa shape index (κ3) is 3.91. The molecule has 1 N–H and O–H groups in total. The first-order valence-corrected chi connectivity index (χ1v) is 9.95. The van der Waals surface area contributed by atoms with Crippen molar-refractivity contribution in [3.05, 3.63) is 93.8 Å². The van der Waals surface area contributed by atoms with Gasteiger partial charge in [0.25, 0.3) is 5.91 Å². The normalized spacial score (nSPS) is 11.0. The van der Waals surface area contributed by atoms with E-state index in [1.54, 1.807) is 24.3 Å². The molecule has 0 fully saturated rings. The predicted molar refractivity (Wildman–Crippen MR) is 121 cm³/mol. The summed E-state index contributed by atoms with van der Waals surface area (Å²) < 4.78 is 13.4. The molecule has 1 aromatic heterocycles. The Labute approximate surface area is 179 Å². The Bertz CT molecular complexity index is 1280. The minimum Gasteiger partial charge on any atom is -0.322 e. The van der Waals surface area contributed by atoms with Crippen molar-refractivity contribution in [3.63, 3.8) is 0 Å². The average molecular weight is 419 g/mol. The SMILES string of the molecule is Cc1cc(C)c2nc(-c3ccc(F)cc3)cc(C(=O)Nc3ccc(C)c(Cl)c3)c2c1. The van der Waals surface area contributed by atoms with Gasteiger partial charge in [0.2, 0.25) is 0 Å². The number of amides is 1. The Morgan fingerprint density at radius 1 is 0.933 bits per heavy atom. The molecule has 3 aromatic carbocycles. The van der Waals surface area contributed by atoms with E-state index in [4.69, 9.17) is 16.6 Å². The van der Waals surface area contributed by atoms with Gasteiger partial charge >= 0.3 is 0 Å². The van der Waals surface area contributed by atoms with Crippen molar-refractivity contribution in [1.29, 1.82) is 0 Å². The van der Waals surface area contributed by atoms with Crippen LogP contribution in [-0.4, -0.2) is 10.9 Å². The number of carbonyl (C=O) groups excluding carboxylic acids is 1. The number of rotatable bonds is 3. The fourth-order valence-corrected chi connectivity index (χ4v) is 3.69. The maximum absolute atomic E-state index is 13.4. The van der Waals surface area contributed by atoms with Crippen LogP contribution < -0.4 is 5.32 Å². The van der Waals surface area contributed by atoms with Crippen molar-refractivity contribution >= 4 is 34.1 Å². The van der Waals surface area contributed by atoms with Crippen LogP contribution in [0.3, 0.4) is 0 Å². The van der Waals surface area contributed by atoms with Crippen molar-refractivity contribution < 1.29 is 9.18 Å². The molecule has 0 saturated heterocycles. The van der Waals surface area contributed by atoms with Crippen molar-refractivity contribution in [3.8, 4) is 11.3 Å². The maximum atomic E-state index is 13.4.